The van der Waals surface area contributed by atoms with Crippen LogP contribution in [-0.2, 0) is 6.54 Å². The molecule has 0 fully saturated rings. The van der Waals surface area contributed by atoms with Gasteiger partial charge in [-0.3, -0.25) is 4.40 Å². The highest BCUT2D eigenvalue weighted by molar-refractivity contribution is 5.63. The molecule has 0 aliphatic carbocycles. The molecule has 1 aromatic carbocycles. The van der Waals surface area contributed by atoms with Crippen molar-refractivity contribution in [2.75, 3.05) is 0 Å². The molecule has 2 N–H and O–H groups in total. The lowest BCUT2D eigenvalue weighted by Gasteiger charge is -2.04. The van der Waals surface area contributed by atoms with Gasteiger partial charge < -0.3 is 5.73 Å². The summed E-state index contributed by atoms with van der Waals surface area (Å²) in [6, 6.07) is 8.14. The number of nitrogens with zero attached hydrogens (tertiary/aromatic N) is 3. The molecule has 0 saturated carbocycles. The molecule has 2 aromatic heterocycles. The van der Waals surface area contributed by atoms with Crippen molar-refractivity contribution < 1.29 is 4.39 Å². The van der Waals surface area contributed by atoms with Crippen LogP contribution >= 0.6 is 0 Å². The van der Waals surface area contributed by atoms with Crippen LogP contribution in [0.5, 0.6) is 0 Å². The molecular weight excluding hydrogens is 243 g/mol. The van der Waals surface area contributed by atoms with E-state index in [1.807, 2.05) is 23.6 Å². The van der Waals surface area contributed by atoms with Gasteiger partial charge in [0.1, 0.15) is 17.3 Å². The third-order valence-electron chi connectivity index (χ3n) is 3.03. The fourth-order valence-electron chi connectivity index (χ4n) is 2.06. The number of benzene rings is 1. The number of imidazole rings is 1. The third kappa shape index (κ3) is 2.08. The van der Waals surface area contributed by atoms with Crippen molar-refractivity contribution >= 4 is 5.65 Å². The van der Waals surface area contributed by atoms with E-state index in [-0.39, 0.29) is 5.82 Å². The summed E-state index contributed by atoms with van der Waals surface area (Å²) < 4.78 is 14.8. The molecule has 0 atom stereocenters. The van der Waals surface area contributed by atoms with E-state index in [0.29, 0.717) is 6.54 Å². The van der Waals surface area contributed by atoms with Gasteiger partial charge >= 0.3 is 0 Å². The number of aromatic nitrogens is 3. The Morgan fingerprint density at radius 2 is 1.95 bits per heavy atom. The van der Waals surface area contributed by atoms with Crippen molar-refractivity contribution in [1.82, 2.24) is 14.4 Å². The first kappa shape index (κ1) is 11.8. The summed E-state index contributed by atoms with van der Waals surface area (Å²) in [4.78, 5) is 8.93. The van der Waals surface area contributed by atoms with E-state index in [1.54, 1.807) is 12.1 Å². The first-order valence-electron chi connectivity index (χ1n) is 5.99. The van der Waals surface area contributed by atoms with Gasteiger partial charge in [-0.05, 0) is 31.2 Å². The lowest BCUT2D eigenvalue weighted by Crippen LogP contribution is -1.96. The second-order valence-corrected chi connectivity index (χ2v) is 4.36. The molecule has 0 bridgehead atoms. The summed E-state index contributed by atoms with van der Waals surface area (Å²) in [5.41, 5.74) is 8.85. The quantitative estimate of drug-likeness (QED) is 0.765. The van der Waals surface area contributed by atoms with Crippen LogP contribution in [0.25, 0.3) is 16.9 Å². The molecule has 0 amide bonds. The van der Waals surface area contributed by atoms with Gasteiger partial charge in [0.25, 0.3) is 0 Å². The SMILES string of the molecule is Cc1nc(-c2ccc(F)cc2)cc2nc(CN)cn12. The van der Waals surface area contributed by atoms with Crippen LogP contribution < -0.4 is 5.73 Å². The Labute approximate surface area is 109 Å². The molecule has 2 heterocycles. The fourth-order valence-corrected chi connectivity index (χ4v) is 2.06. The molecule has 0 radical (unpaired) electrons. The first-order chi connectivity index (χ1) is 9.17. The standard InChI is InChI=1S/C14H13FN4/c1-9-17-13(10-2-4-11(15)5-3-10)6-14-18-12(7-16)8-19(9)14/h2-6,8H,7,16H2,1H3. The predicted molar refractivity (Wildman–Crippen MR) is 71.0 cm³/mol. The van der Waals surface area contributed by atoms with Crippen LogP contribution in [0, 0.1) is 12.7 Å². The largest absolute Gasteiger partial charge is 0.325 e. The molecule has 19 heavy (non-hydrogen) atoms. The zero-order chi connectivity index (χ0) is 13.4. The van der Waals surface area contributed by atoms with E-state index >= 15 is 0 Å². The van der Waals surface area contributed by atoms with E-state index < -0.39 is 0 Å². The summed E-state index contributed by atoms with van der Waals surface area (Å²) in [6.07, 6.45) is 1.88. The van der Waals surface area contributed by atoms with E-state index in [1.165, 1.54) is 12.1 Å². The maximum Gasteiger partial charge on any atom is 0.140 e. The van der Waals surface area contributed by atoms with Crippen molar-refractivity contribution in [2.24, 2.45) is 5.73 Å². The molecule has 0 saturated heterocycles. The average molecular weight is 256 g/mol. The van der Waals surface area contributed by atoms with E-state index in [2.05, 4.69) is 9.97 Å². The Bertz CT molecular complexity index is 731. The van der Waals surface area contributed by atoms with E-state index in [9.17, 15) is 4.39 Å². The van der Waals surface area contributed by atoms with Crippen LogP contribution in [0.4, 0.5) is 4.39 Å². The Balaban J connectivity index is 2.17. The molecule has 5 heteroatoms. The Morgan fingerprint density at radius 3 is 2.63 bits per heavy atom. The third-order valence-corrected chi connectivity index (χ3v) is 3.03. The van der Waals surface area contributed by atoms with Gasteiger partial charge in [0.15, 0.2) is 0 Å². The van der Waals surface area contributed by atoms with Gasteiger partial charge in [-0.25, -0.2) is 14.4 Å². The highest BCUT2D eigenvalue weighted by Gasteiger charge is 2.07. The number of hydrogen-bond acceptors (Lipinski definition) is 3. The molecular formula is C14H13FN4. The minimum atomic E-state index is -0.257. The van der Waals surface area contributed by atoms with Crippen molar-refractivity contribution in [3.63, 3.8) is 0 Å². The van der Waals surface area contributed by atoms with Gasteiger partial charge in [-0.2, -0.15) is 0 Å². The molecule has 0 spiro atoms. The van der Waals surface area contributed by atoms with Gasteiger partial charge in [0.05, 0.1) is 11.4 Å². The topological polar surface area (TPSA) is 56.2 Å². The van der Waals surface area contributed by atoms with E-state index in [0.717, 1.165) is 28.4 Å². The van der Waals surface area contributed by atoms with Gasteiger partial charge in [-0.1, -0.05) is 0 Å². The summed E-state index contributed by atoms with van der Waals surface area (Å²) in [6.45, 7) is 2.30. The summed E-state index contributed by atoms with van der Waals surface area (Å²) >= 11 is 0. The van der Waals surface area contributed by atoms with Gasteiger partial charge in [0.2, 0.25) is 0 Å². The molecule has 0 aliphatic heterocycles. The number of hydrogen-bond donors (Lipinski definition) is 1. The Morgan fingerprint density at radius 1 is 1.21 bits per heavy atom. The molecule has 0 unspecified atom stereocenters. The second-order valence-electron chi connectivity index (χ2n) is 4.36. The van der Waals surface area contributed by atoms with Crippen LogP contribution in [0.2, 0.25) is 0 Å². The number of fused-ring (bicyclic) bond motifs is 1. The van der Waals surface area contributed by atoms with Crippen LogP contribution in [0.15, 0.2) is 36.5 Å². The van der Waals surface area contributed by atoms with Crippen molar-refractivity contribution in [3.8, 4) is 11.3 Å². The normalized spacial score (nSPS) is 11.1. The summed E-state index contributed by atoms with van der Waals surface area (Å²) in [5.74, 6) is 0.566. The lowest BCUT2D eigenvalue weighted by molar-refractivity contribution is 0.628. The average Bonchev–Trinajstić information content (AvgIpc) is 2.83. The zero-order valence-corrected chi connectivity index (χ0v) is 10.5. The molecule has 4 nitrogen and oxygen atoms in total. The second kappa shape index (κ2) is 4.44. The van der Waals surface area contributed by atoms with Crippen LogP contribution in [-0.4, -0.2) is 14.4 Å². The maximum absolute atomic E-state index is 12.9. The molecule has 3 rings (SSSR count). The van der Waals surface area contributed by atoms with Crippen molar-refractivity contribution in [3.05, 3.63) is 53.9 Å². The highest BCUT2D eigenvalue weighted by Crippen LogP contribution is 2.20. The van der Waals surface area contributed by atoms with Crippen LogP contribution in [0.1, 0.15) is 11.5 Å². The smallest absolute Gasteiger partial charge is 0.140 e. The Hall–Kier alpha value is -2.27. The van der Waals surface area contributed by atoms with Crippen LogP contribution in [0.3, 0.4) is 0 Å². The van der Waals surface area contributed by atoms with E-state index in [4.69, 9.17) is 5.73 Å². The van der Waals surface area contributed by atoms with Crippen molar-refractivity contribution in [1.29, 1.82) is 0 Å². The summed E-state index contributed by atoms with van der Waals surface area (Å²) in [5, 5.41) is 0. The predicted octanol–water partition coefficient (Wildman–Crippen LogP) is 2.30. The fraction of sp³-hybridized carbons (Fsp3) is 0.143. The van der Waals surface area contributed by atoms with Gasteiger partial charge in [-0.15, -0.1) is 0 Å². The monoisotopic (exact) mass is 256 g/mol. The number of halogens is 1. The van der Waals surface area contributed by atoms with Gasteiger partial charge in [0, 0.05) is 24.4 Å². The molecule has 96 valence electrons. The Kier molecular flexibility index (Phi) is 2.76. The maximum atomic E-state index is 12.9. The minimum absolute atomic E-state index is 0.257. The minimum Gasteiger partial charge on any atom is -0.325 e. The first-order valence-corrected chi connectivity index (χ1v) is 5.99. The summed E-state index contributed by atoms with van der Waals surface area (Å²) in [7, 11) is 0. The number of nitrogens with two attached hydrogens (primary N) is 1. The molecule has 3 aromatic rings. The highest BCUT2D eigenvalue weighted by atomic mass is 19.1. The zero-order valence-electron chi connectivity index (χ0n) is 10.5. The number of rotatable bonds is 2. The van der Waals surface area contributed by atoms with Crippen molar-refractivity contribution in [2.45, 2.75) is 13.5 Å². The lowest BCUT2D eigenvalue weighted by atomic mass is 10.1. The molecule has 0 aliphatic rings. The number of aryl methyl sites for hydroxylation is 1.